The number of thiophene rings is 1. The van der Waals surface area contributed by atoms with Crippen LogP contribution in [0.5, 0.6) is 0 Å². The van der Waals surface area contributed by atoms with E-state index in [-0.39, 0.29) is 12.6 Å². The van der Waals surface area contributed by atoms with Gasteiger partial charge in [0, 0.05) is 4.88 Å². The van der Waals surface area contributed by atoms with Crippen molar-refractivity contribution in [3.05, 3.63) is 17.0 Å². The van der Waals surface area contributed by atoms with Crippen LogP contribution in [0.25, 0.3) is 0 Å². The average molecular weight is 198 g/mol. The van der Waals surface area contributed by atoms with Crippen molar-refractivity contribution in [3.63, 3.8) is 0 Å². The summed E-state index contributed by atoms with van der Waals surface area (Å²) in [5, 5.41) is 5.76. The van der Waals surface area contributed by atoms with E-state index >= 15 is 0 Å². The summed E-state index contributed by atoms with van der Waals surface area (Å²) in [6.45, 7) is 2.00. The van der Waals surface area contributed by atoms with Gasteiger partial charge in [-0.25, -0.2) is 4.79 Å². The van der Waals surface area contributed by atoms with Gasteiger partial charge in [-0.05, 0) is 19.1 Å². The predicted octanol–water partition coefficient (Wildman–Crippen LogP) is 1.38. The van der Waals surface area contributed by atoms with E-state index in [4.69, 9.17) is 0 Å². The number of anilines is 1. The fourth-order valence-corrected chi connectivity index (χ4v) is 1.55. The molecule has 0 saturated heterocycles. The van der Waals surface area contributed by atoms with E-state index in [0.29, 0.717) is 6.29 Å². The molecule has 1 aromatic heterocycles. The molecule has 70 valence electrons. The van der Waals surface area contributed by atoms with Crippen molar-refractivity contribution in [2.24, 2.45) is 0 Å². The van der Waals surface area contributed by atoms with Crippen LogP contribution in [0.4, 0.5) is 9.80 Å². The average Bonchev–Trinajstić information content (AvgIpc) is 2.48. The summed E-state index contributed by atoms with van der Waals surface area (Å²) in [5.74, 6) is 0. The molecule has 0 unspecified atom stereocenters. The smallest absolute Gasteiger partial charge is 0.320 e. The van der Waals surface area contributed by atoms with Crippen molar-refractivity contribution in [1.29, 1.82) is 0 Å². The van der Waals surface area contributed by atoms with Gasteiger partial charge in [-0.1, -0.05) is 0 Å². The summed E-state index contributed by atoms with van der Waals surface area (Å²) in [7, 11) is 0. The normalized spacial score (nSPS) is 9.31. The number of aldehydes is 1. The molecule has 5 heteroatoms. The number of carbonyl (C=O) groups excluding carboxylic acids is 2. The van der Waals surface area contributed by atoms with Crippen LogP contribution < -0.4 is 10.6 Å². The lowest BCUT2D eigenvalue weighted by atomic mass is 10.5. The summed E-state index contributed by atoms with van der Waals surface area (Å²) in [6.07, 6.45) is 0.638. The molecule has 0 aliphatic heterocycles. The van der Waals surface area contributed by atoms with Gasteiger partial charge in [0.05, 0.1) is 11.5 Å². The molecule has 0 aromatic carbocycles. The van der Waals surface area contributed by atoms with E-state index in [0.717, 1.165) is 9.88 Å². The maximum Gasteiger partial charge on any atom is 0.320 e. The van der Waals surface area contributed by atoms with E-state index in [1.165, 1.54) is 11.3 Å². The second-order valence-electron chi connectivity index (χ2n) is 2.41. The highest BCUT2D eigenvalue weighted by atomic mass is 32.1. The van der Waals surface area contributed by atoms with Crippen molar-refractivity contribution in [2.45, 2.75) is 6.92 Å². The molecule has 2 N–H and O–H groups in total. The molecule has 0 fully saturated rings. The van der Waals surface area contributed by atoms with Crippen LogP contribution in [0.1, 0.15) is 4.88 Å². The van der Waals surface area contributed by atoms with E-state index in [9.17, 15) is 9.59 Å². The van der Waals surface area contributed by atoms with Gasteiger partial charge in [-0.2, -0.15) is 0 Å². The highest BCUT2D eigenvalue weighted by Crippen LogP contribution is 2.20. The van der Waals surface area contributed by atoms with Gasteiger partial charge in [0.15, 0.2) is 0 Å². The maximum atomic E-state index is 11.0. The lowest BCUT2D eigenvalue weighted by Crippen LogP contribution is -2.29. The Labute approximate surface area is 80.0 Å². The van der Waals surface area contributed by atoms with E-state index < -0.39 is 0 Å². The second kappa shape index (κ2) is 4.61. The first kappa shape index (κ1) is 9.73. The molecule has 2 amide bonds. The SMILES string of the molecule is Cc1ccc(NC(=O)NCC=O)s1. The third-order valence-corrected chi connectivity index (χ3v) is 2.24. The molecule has 0 saturated carbocycles. The van der Waals surface area contributed by atoms with Gasteiger partial charge in [-0.3, -0.25) is 5.32 Å². The molecular weight excluding hydrogens is 188 g/mol. The van der Waals surface area contributed by atoms with E-state index in [2.05, 4.69) is 10.6 Å². The van der Waals surface area contributed by atoms with Crippen LogP contribution in [0.15, 0.2) is 12.1 Å². The number of urea groups is 1. The van der Waals surface area contributed by atoms with Gasteiger partial charge in [0.1, 0.15) is 6.29 Å². The number of hydrogen-bond acceptors (Lipinski definition) is 3. The summed E-state index contributed by atoms with van der Waals surface area (Å²) in [4.78, 5) is 22.1. The quantitative estimate of drug-likeness (QED) is 0.721. The molecule has 0 bridgehead atoms. The summed E-state index contributed by atoms with van der Waals surface area (Å²) >= 11 is 1.49. The predicted molar refractivity (Wildman–Crippen MR) is 52.1 cm³/mol. The van der Waals surface area contributed by atoms with Crippen molar-refractivity contribution in [1.82, 2.24) is 5.32 Å². The van der Waals surface area contributed by atoms with Crippen LogP contribution in [0.2, 0.25) is 0 Å². The lowest BCUT2D eigenvalue weighted by molar-refractivity contribution is -0.107. The van der Waals surface area contributed by atoms with Crippen molar-refractivity contribution >= 4 is 28.7 Å². The molecule has 0 radical (unpaired) electrons. The Hall–Kier alpha value is -1.36. The highest BCUT2D eigenvalue weighted by Gasteiger charge is 2.01. The zero-order valence-corrected chi connectivity index (χ0v) is 7.98. The first-order valence-corrected chi connectivity index (χ1v) is 4.59. The highest BCUT2D eigenvalue weighted by molar-refractivity contribution is 7.16. The largest absolute Gasteiger partial charge is 0.331 e. The van der Waals surface area contributed by atoms with Gasteiger partial charge >= 0.3 is 6.03 Å². The monoisotopic (exact) mass is 198 g/mol. The first-order valence-electron chi connectivity index (χ1n) is 3.77. The van der Waals surface area contributed by atoms with E-state index in [1.54, 1.807) is 0 Å². The Kier molecular flexibility index (Phi) is 3.45. The third kappa shape index (κ3) is 3.25. The molecule has 4 nitrogen and oxygen atoms in total. The summed E-state index contributed by atoms with van der Waals surface area (Å²) < 4.78 is 0. The van der Waals surface area contributed by atoms with Gasteiger partial charge in [0.25, 0.3) is 0 Å². The molecule has 0 aliphatic carbocycles. The Morgan fingerprint density at radius 3 is 2.92 bits per heavy atom. The van der Waals surface area contributed by atoms with Gasteiger partial charge < -0.3 is 10.1 Å². The maximum absolute atomic E-state index is 11.0. The molecule has 0 spiro atoms. The topological polar surface area (TPSA) is 58.2 Å². The number of carbonyl (C=O) groups is 2. The summed E-state index contributed by atoms with van der Waals surface area (Å²) in [6, 6.07) is 3.38. The number of hydrogen-bond donors (Lipinski definition) is 2. The Balaban J connectivity index is 2.40. The van der Waals surface area contributed by atoms with Crippen molar-refractivity contribution in [2.75, 3.05) is 11.9 Å². The second-order valence-corrected chi connectivity index (χ2v) is 3.70. The van der Waals surface area contributed by atoms with Gasteiger partial charge in [-0.15, -0.1) is 11.3 Å². The van der Waals surface area contributed by atoms with E-state index in [1.807, 2.05) is 19.1 Å². The fraction of sp³-hybridized carbons (Fsp3) is 0.250. The molecule has 1 heterocycles. The molecule has 13 heavy (non-hydrogen) atoms. The van der Waals surface area contributed by atoms with Crippen LogP contribution in [-0.4, -0.2) is 18.9 Å². The summed E-state index contributed by atoms with van der Waals surface area (Å²) in [5.41, 5.74) is 0. The molecule has 0 aliphatic rings. The fourth-order valence-electron chi connectivity index (χ4n) is 0.792. The minimum atomic E-state index is -0.353. The first-order chi connectivity index (χ1) is 6.22. The molecule has 0 atom stereocenters. The Morgan fingerprint density at radius 1 is 1.62 bits per heavy atom. The Morgan fingerprint density at radius 2 is 2.38 bits per heavy atom. The van der Waals surface area contributed by atoms with Gasteiger partial charge in [0.2, 0.25) is 0 Å². The van der Waals surface area contributed by atoms with Crippen molar-refractivity contribution < 1.29 is 9.59 Å². The zero-order valence-electron chi connectivity index (χ0n) is 7.16. The zero-order chi connectivity index (χ0) is 9.68. The molecular formula is C8H10N2O2S. The Bertz CT molecular complexity index is 309. The van der Waals surface area contributed by atoms with Crippen LogP contribution in [-0.2, 0) is 4.79 Å². The van der Waals surface area contributed by atoms with Crippen LogP contribution >= 0.6 is 11.3 Å². The lowest BCUT2D eigenvalue weighted by Gasteiger charge is -2.01. The number of rotatable bonds is 3. The standard InChI is InChI=1S/C8H10N2O2S/c1-6-2-3-7(13-6)10-8(12)9-4-5-11/h2-3,5H,4H2,1H3,(H2,9,10,12). The number of nitrogens with one attached hydrogen (secondary N) is 2. The van der Waals surface area contributed by atoms with Crippen molar-refractivity contribution in [3.8, 4) is 0 Å². The minimum absolute atomic E-state index is 0.0379. The minimum Gasteiger partial charge on any atom is -0.331 e. The third-order valence-electron chi connectivity index (χ3n) is 1.32. The molecule has 1 aromatic rings. The number of aryl methyl sites for hydroxylation is 1. The van der Waals surface area contributed by atoms with Crippen LogP contribution in [0.3, 0.4) is 0 Å². The number of amides is 2. The van der Waals surface area contributed by atoms with Crippen LogP contribution in [0, 0.1) is 6.92 Å². The molecule has 1 rings (SSSR count).